The van der Waals surface area contributed by atoms with E-state index < -0.39 is 0 Å². The van der Waals surface area contributed by atoms with E-state index in [2.05, 4.69) is 36.1 Å². The van der Waals surface area contributed by atoms with Crippen LogP contribution in [0.5, 0.6) is 11.9 Å². The van der Waals surface area contributed by atoms with Crippen molar-refractivity contribution >= 4 is 11.6 Å². The number of rotatable bonds is 8. The summed E-state index contributed by atoms with van der Waals surface area (Å²) in [6.07, 6.45) is 3.81. The first-order valence-electron chi connectivity index (χ1n) is 11.0. The maximum Gasteiger partial charge on any atom is 0.319 e. The molecule has 1 aliphatic rings. The Balaban J connectivity index is 1.46. The number of amides is 1. The minimum Gasteiger partial charge on any atom is -0.478 e. The number of aryl methyl sites for hydroxylation is 2. The van der Waals surface area contributed by atoms with Crippen molar-refractivity contribution in [3.8, 4) is 11.9 Å². The predicted molar refractivity (Wildman–Crippen MR) is 119 cm³/mol. The number of nitrogens with zero attached hydrogens (tertiary/aromatic N) is 5. The molecule has 32 heavy (non-hydrogen) atoms. The third-order valence-corrected chi connectivity index (χ3v) is 5.52. The maximum atomic E-state index is 12.8. The van der Waals surface area contributed by atoms with Crippen LogP contribution in [-0.4, -0.2) is 43.9 Å². The van der Waals surface area contributed by atoms with Crippen LogP contribution in [0.2, 0.25) is 0 Å². The Kier molecular flexibility index (Phi) is 6.63. The van der Waals surface area contributed by atoms with Crippen molar-refractivity contribution in [3.05, 3.63) is 53.2 Å². The lowest BCUT2D eigenvalue weighted by Crippen LogP contribution is -2.19. The molecule has 0 aliphatic carbocycles. The second kappa shape index (κ2) is 9.76. The number of nitrogens with one attached hydrogen (secondary N) is 1. The summed E-state index contributed by atoms with van der Waals surface area (Å²) < 4.78 is 13.2. The topological polar surface area (TPSA) is 104 Å². The van der Waals surface area contributed by atoms with Gasteiger partial charge in [0.05, 0.1) is 25.3 Å². The normalized spacial score (nSPS) is 15.2. The fraction of sp³-hybridized carbons (Fsp3) is 0.435. The van der Waals surface area contributed by atoms with E-state index in [0.717, 1.165) is 30.9 Å². The van der Waals surface area contributed by atoms with Gasteiger partial charge in [-0.15, -0.1) is 10.2 Å². The second-order valence-electron chi connectivity index (χ2n) is 7.73. The van der Waals surface area contributed by atoms with Gasteiger partial charge in [0.25, 0.3) is 0 Å². The molecule has 1 aliphatic heterocycles. The van der Waals surface area contributed by atoms with Gasteiger partial charge in [0.2, 0.25) is 11.8 Å². The number of aromatic nitrogens is 5. The van der Waals surface area contributed by atoms with E-state index in [1.54, 1.807) is 6.33 Å². The number of fused-ring (bicyclic) bond motifs is 1. The van der Waals surface area contributed by atoms with E-state index in [-0.39, 0.29) is 18.3 Å². The number of ether oxygens (including phenoxy) is 2. The first-order chi connectivity index (χ1) is 15.6. The summed E-state index contributed by atoms with van der Waals surface area (Å²) in [5.74, 6) is 1.63. The molecule has 1 aromatic carbocycles. The van der Waals surface area contributed by atoms with Gasteiger partial charge in [0.15, 0.2) is 0 Å². The van der Waals surface area contributed by atoms with E-state index in [1.165, 1.54) is 5.56 Å². The summed E-state index contributed by atoms with van der Waals surface area (Å²) in [7, 11) is 0. The van der Waals surface area contributed by atoms with Crippen LogP contribution >= 0.6 is 0 Å². The van der Waals surface area contributed by atoms with Crippen molar-refractivity contribution in [2.75, 3.05) is 18.5 Å². The summed E-state index contributed by atoms with van der Waals surface area (Å²) in [5.41, 5.74) is 3.29. The molecule has 9 heteroatoms. The van der Waals surface area contributed by atoms with Crippen LogP contribution in [0, 0.1) is 6.92 Å². The third kappa shape index (κ3) is 4.87. The van der Waals surface area contributed by atoms with E-state index in [1.807, 2.05) is 39.0 Å². The van der Waals surface area contributed by atoms with Gasteiger partial charge in [-0.1, -0.05) is 12.1 Å². The Morgan fingerprint density at radius 1 is 1.22 bits per heavy atom. The molecular weight excluding hydrogens is 408 g/mol. The van der Waals surface area contributed by atoms with Gasteiger partial charge in [-0.2, -0.15) is 4.98 Å². The molecule has 1 N–H and O–H groups in total. The largest absolute Gasteiger partial charge is 0.478 e. The average molecular weight is 437 g/mol. The van der Waals surface area contributed by atoms with Crippen LogP contribution in [0.1, 0.15) is 48.8 Å². The van der Waals surface area contributed by atoms with Crippen molar-refractivity contribution in [3.63, 3.8) is 0 Å². The standard InChI is InChI=1S/C23H28N6O3/c1-4-31-22-19(15(3)25-23(27-22)32-5-2)12-21(30)26-18-8-6-7-16(11-18)17-9-10-20-28-24-14-29(20)13-17/h6-8,11,14,17H,4-5,9-10,12-13H2,1-3H3,(H,26,30)/t17-/m1/s1. The van der Waals surface area contributed by atoms with E-state index >= 15 is 0 Å². The lowest BCUT2D eigenvalue weighted by molar-refractivity contribution is -0.115. The van der Waals surface area contributed by atoms with E-state index in [4.69, 9.17) is 9.47 Å². The molecule has 0 bridgehead atoms. The first kappa shape index (κ1) is 21.7. The number of carbonyl (C=O) groups is 1. The lowest BCUT2D eigenvalue weighted by atomic mass is 9.91. The second-order valence-corrected chi connectivity index (χ2v) is 7.73. The molecule has 0 spiro atoms. The Morgan fingerprint density at radius 3 is 2.88 bits per heavy atom. The van der Waals surface area contributed by atoms with Crippen LogP contribution in [0.25, 0.3) is 0 Å². The fourth-order valence-corrected chi connectivity index (χ4v) is 3.96. The Bertz CT molecular complexity index is 1100. The van der Waals surface area contributed by atoms with Crippen LogP contribution in [0.15, 0.2) is 30.6 Å². The molecule has 0 unspecified atom stereocenters. The molecule has 0 radical (unpaired) electrons. The molecule has 4 rings (SSSR count). The highest BCUT2D eigenvalue weighted by Gasteiger charge is 2.22. The number of hydrogen-bond acceptors (Lipinski definition) is 7. The molecule has 0 saturated heterocycles. The number of benzene rings is 1. The van der Waals surface area contributed by atoms with E-state index in [9.17, 15) is 4.79 Å². The zero-order chi connectivity index (χ0) is 22.5. The molecule has 2 aromatic heterocycles. The van der Waals surface area contributed by atoms with Crippen LogP contribution in [-0.2, 0) is 24.2 Å². The summed E-state index contributed by atoms with van der Waals surface area (Å²) in [6, 6.07) is 8.29. The third-order valence-electron chi connectivity index (χ3n) is 5.52. The monoisotopic (exact) mass is 436 g/mol. The SMILES string of the molecule is CCOc1nc(C)c(CC(=O)Nc2cccc([C@@H]3CCc4nncn4C3)c2)c(OCC)n1. The first-order valence-corrected chi connectivity index (χ1v) is 11.0. The zero-order valence-electron chi connectivity index (χ0n) is 18.7. The Morgan fingerprint density at radius 2 is 2.06 bits per heavy atom. The summed E-state index contributed by atoms with van der Waals surface area (Å²) >= 11 is 0. The lowest BCUT2D eigenvalue weighted by Gasteiger charge is -2.23. The van der Waals surface area contributed by atoms with Crippen LogP contribution < -0.4 is 14.8 Å². The fourth-order valence-electron chi connectivity index (χ4n) is 3.96. The van der Waals surface area contributed by atoms with Gasteiger partial charge >= 0.3 is 6.01 Å². The van der Waals surface area contributed by atoms with Crippen molar-refractivity contribution in [1.82, 2.24) is 24.7 Å². The summed E-state index contributed by atoms with van der Waals surface area (Å²) in [6.45, 7) is 7.32. The number of carbonyl (C=O) groups excluding carboxylic acids is 1. The highest BCUT2D eigenvalue weighted by Crippen LogP contribution is 2.29. The van der Waals surface area contributed by atoms with Gasteiger partial charge in [-0.3, -0.25) is 4.79 Å². The van der Waals surface area contributed by atoms with Gasteiger partial charge in [-0.05, 0) is 44.9 Å². The predicted octanol–water partition coefficient (Wildman–Crippen LogP) is 3.09. The summed E-state index contributed by atoms with van der Waals surface area (Å²) in [4.78, 5) is 21.5. The summed E-state index contributed by atoms with van der Waals surface area (Å²) in [5, 5.41) is 11.2. The number of anilines is 1. The maximum absolute atomic E-state index is 12.8. The molecule has 1 atom stereocenters. The minimum atomic E-state index is -0.149. The molecule has 0 fully saturated rings. The van der Waals surface area contributed by atoms with Gasteiger partial charge in [0, 0.05) is 30.1 Å². The molecule has 1 amide bonds. The molecular formula is C23H28N6O3. The minimum absolute atomic E-state index is 0.116. The smallest absolute Gasteiger partial charge is 0.319 e. The highest BCUT2D eigenvalue weighted by molar-refractivity contribution is 5.92. The van der Waals surface area contributed by atoms with Crippen molar-refractivity contribution in [2.24, 2.45) is 0 Å². The van der Waals surface area contributed by atoms with Gasteiger partial charge in [-0.25, -0.2) is 4.98 Å². The Labute approximate surface area is 187 Å². The van der Waals surface area contributed by atoms with Gasteiger partial charge < -0.3 is 19.4 Å². The Hall–Kier alpha value is -3.49. The highest BCUT2D eigenvalue weighted by atomic mass is 16.5. The number of hydrogen-bond donors (Lipinski definition) is 1. The van der Waals surface area contributed by atoms with Crippen LogP contribution in [0.4, 0.5) is 5.69 Å². The van der Waals surface area contributed by atoms with Gasteiger partial charge in [0.1, 0.15) is 12.2 Å². The molecule has 9 nitrogen and oxygen atoms in total. The molecule has 3 heterocycles. The average Bonchev–Trinajstić information content (AvgIpc) is 3.25. The van der Waals surface area contributed by atoms with Crippen molar-refractivity contribution in [1.29, 1.82) is 0 Å². The quantitative estimate of drug-likeness (QED) is 0.579. The molecule has 0 saturated carbocycles. The van der Waals surface area contributed by atoms with E-state index in [0.29, 0.717) is 36.3 Å². The van der Waals surface area contributed by atoms with Crippen molar-refractivity contribution in [2.45, 2.75) is 52.5 Å². The zero-order valence-corrected chi connectivity index (χ0v) is 18.7. The molecule has 168 valence electrons. The molecule has 3 aromatic rings. The van der Waals surface area contributed by atoms with Crippen LogP contribution in [0.3, 0.4) is 0 Å². The van der Waals surface area contributed by atoms with Crippen molar-refractivity contribution < 1.29 is 14.3 Å².